The third kappa shape index (κ3) is 3.59. The summed E-state index contributed by atoms with van der Waals surface area (Å²) in [6.07, 6.45) is 0. The van der Waals surface area contributed by atoms with Crippen molar-refractivity contribution < 1.29 is 14.2 Å². The summed E-state index contributed by atoms with van der Waals surface area (Å²) in [6.45, 7) is 0.366. The summed E-state index contributed by atoms with van der Waals surface area (Å²) in [5.74, 6) is 7.78. The first-order valence-electron chi connectivity index (χ1n) is 6.27. The van der Waals surface area contributed by atoms with Crippen molar-refractivity contribution in [3.63, 3.8) is 0 Å². The smallest absolute Gasteiger partial charge is 0.162 e. The van der Waals surface area contributed by atoms with Gasteiger partial charge in [-0.15, -0.1) is 0 Å². The van der Waals surface area contributed by atoms with Crippen molar-refractivity contribution in [1.29, 1.82) is 0 Å². The number of nitrogen functional groups attached to an aromatic ring is 1. The molecule has 7 heteroatoms. The van der Waals surface area contributed by atoms with Gasteiger partial charge in [0.1, 0.15) is 17.3 Å². The van der Waals surface area contributed by atoms with E-state index in [1.54, 1.807) is 33.5 Å². The second kappa shape index (κ2) is 6.87. The fourth-order valence-electron chi connectivity index (χ4n) is 1.86. The van der Waals surface area contributed by atoms with Gasteiger partial charge in [0, 0.05) is 24.8 Å². The highest BCUT2D eigenvalue weighted by molar-refractivity contribution is 5.62. The van der Waals surface area contributed by atoms with E-state index < -0.39 is 0 Å². The number of nitrogens with one attached hydrogen (secondary N) is 1. The maximum atomic E-state index is 5.44. The minimum atomic E-state index is 0.366. The molecule has 112 valence electrons. The lowest BCUT2D eigenvalue weighted by Crippen LogP contribution is -2.11. The Balaban J connectivity index is 2.51. The molecule has 0 aliphatic rings. The molecule has 0 spiro atoms. The normalized spacial score (nSPS) is 10.3. The van der Waals surface area contributed by atoms with Crippen molar-refractivity contribution in [2.24, 2.45) is 5.84 Å². The third-order valence-corrected chi connectivity index (χ3v) is 2.83. The van der Waals surface area contributed by atoms with Crippen molar-refractivity contribution in [2.45, 2.75) is 6.61 Å². The number of methoxy groups -OCH3 is 3. The van der Waals surface area contributed by atoms with E-state index in [2.05, 4.69) is 15.4 Å². The van der Waals surface area contributed by atoms with Crippen molar-refractivity contribution in [3.8, 4) is 22.9 Å². The lowest BCUT2D eigenvalue weighted by atomic mass is 10.2. The average Bonchev–Trinajstić information content (AvgIpc) is 2.54. The molecule has 0 unspecified atom stereocenters. The quantitative estimate of drug-likeness (QED) is 0.616. The highest BCUT2D eigenvalue weighted by Crippen LogP contribution is 2.28. The molecular weight excluding hydrogens is 272 g/mol. The number of benzene rings is 1. The Morgan fingerprint density at radius 1 is 1.00 bits per heavy atom. The van der Waals surface area contributed by atoms with E-state index in [4.69, 9.17) is 20.1 Å². The van der Waals surface area contributed by atoms with Crippen LogP contribution in [-0.2, 0) is 11.3 Å². The average molecular weight is 290 g/mol. The number of ether oxygens (including phenoxy) is 3. The summed E-state index contributed by atoms with van der Waals surface area (Å²) in [7, 11) is 4.78. The first-order valence-corrected chi connectivity index (χ1v) is 6.27. The molecule has 0 bridgehead atoms. The molecule has 0 radical (unpaired) electrons. The van der Waals surface area contributed by atoms with Gasteiger partial charge in [0.15, 0.2) is 5.82 Å². The predicted octanol–water partition coefficient (Wildman–Crippen LogP) is 1.59. The molecule has 1 aromatic carbocycles. The molecular formula is C14H18N4O3. The molecule has 0 saturated heterocycles. The van der Waals surface area contributed by atoms with E-state index in [1.165, 1.54) is 0 Å². The van der Waals surface area contributed by atoms with E-state index in [0.717, 1.165) is 11.3 Å². The van der Waals surface area contributed by atoms with E-state index in [9.17, 15) is 0 Å². The highest BCUT2D eigenvalue weighted by atomic mass is 16.5. The maximum Gasteiger partial charge on any atom is 0.162 e. The molecule has 1 aromatic heterocycles. The standard InChI is InChI=1S/C14H18N4O3/c1-19-8-10-6-13(18-15)17-14(16-10)9-4-11(20-2)7-12(5-9)21-3/h4-7H,8,15H2,1-3H3,(H,16,17,18). The van der Waals surface area contributed by atoms with Crippen molar-refractivity contribution in [1.82, 2.24) is 9.97 Å². The lowest BCUT2D eigenvalue weighted by Gasteiger charge is -2.10. The van der Waals surface area contributed by atoms with E-state index in [1.807, 2.05) is 12.1 Å². The zero-order chi connectivity index (χ0) is 15.2. The predicted molar refractivity (Wildman–Crippen MR) is 79.1 cm³/mol. The molecule has 2 rings (SSSR count). The molecule has 3 N–H and O–H groups in total. The second-order valence-electron chi connectivity index (χ2n) is 4.25. The monoisotopic (exact) mass is 290 g/mol. The molecule has 0 fully saturated rings. The highest BCUT2D eigenvalue weighted by Gasteiger charge is 2.10. The largest absolute Gasteiger partial charge is 0.497 e. The molecule has 2 aromatic rings. The van der Waals surface area contributed by atoms with Crippen molar-refractivity contribution in [2.75, 3.05) is 26.8 Å². The van der Waals surface area contributed by atoms with Gasteiger partial charge in [0.2, 0.25) is 0 Å². The molecule has 0 aliphatic carbocycles. The lowest BCUT2D eigenvalue weighted by molar-refractivity contribution is 0.181. The Morgan fingerprint density at radius 2 is 1.67 bits per heavy atom. The van der Waals surface area contributed by atoms with Gasteiger partial charge in [-0.2, -0.15) is 0 Å². The summed E-state index contributed by atoms with van der Waals surface area (Å²) >= 11 is 0. The van der Waals surface area contributed by atoms with Crippen molar-refractivity contribution >= 4 is 5.82 Å². The first kappa shape index (κ1) is 15.0. The van der Waals surface area contributed by atoms with Gasteiger partial charge >= 0.3 is 0 Å². The minimum absolute atomic E-state index is 0.366. The van der Waals surface area contributed by atoms with Gasteiger partial charge < -0.3 is 19.6 Å². The molecule has 7 nitrogen and oxygen atoms in total. The zero-order valence-electron chi connectivity index (χ0n) is 12.2. The molecule has 0 amide bonds. The van der Waals surface area contributed by atoms with E-state index in [0.29, 0.717) is 29.7 Å². The van der Waals surface area contributed by atoms with Crippen LogP contribution in [0, 0.1) is 0 Å². The molecule has 1 heterocycles. The van der Waals surface area contributed by atoms with Gasteiger partial charge in [0.25, 0.3) is 0 Å². The number of hydrazine groups is 1. The van der Waals surface area contributed by atoms with Crippen LogP contribution in [0.1, 0.15) is 5.69 Å². The van der Waals surface area contributed by atoms with Crippen LogP contribution in [0.2, 0.25) is 0 Å². The van der Waals surface area contributed by atoms with Crippen LogP contribution >= 0.6 is 0 Å². The summed E-state index contributed by atoms with van der Waals surface area (Å²) in [5.41, 5.74) is 4.01. The van der Waals surface area contributed by atoms with Crippen LogP contribution in [0.25, 0.3) is 11.4 Å². The summed E-state index contributed by atoms with van der Waals surface area (Å²) in [4.78, 5) is 8.79. The third-order valence-electron chi connectivity index (χ3n) is 2.83. The first-order chi connectivity index (χ1) is 10.2. The van der Waals surface area contributed by atoms with Crippen LogP contribution < -0.4 is 20.7 Å². The topological polar surface area (TPSA) is 91.5 Å². The Morgan fingerprint density at radius 3 is 2.19 bits per heavy atom. The van der Waals surface area contributed by atoms with Crippen LogP contribution in [-0.4, -0.2) is 31.3 Å². The van der Waals surface area contributed by atoms with E-state index >= 15 is 0 Å². The Hall–Kier alpha value is -2.38. The molecule has 0 saturated carbocycles. The van der Waals surface area contributed by atoms with Crippen molar-refractivity contribution in [3.05, 3.63) is 30.0 Å². The number of nitrogens with zero attached hydrogens (tertiary/aromatic N) is 2. The van der Waals surface area contributed by atoms with Gasteiger partial charge in [-0.25, -0.2) is 15.8 Å². The Bertz CT molecular complexity index is 597. The summed E-state index contributed by atoms with van der Waals surface area (Å²) < 4.78 is 15.6. The number of hydrogen-bond donors (Lipinski definition) is 2. The van der Waals surface area contributed by atoms with E-state index in [-0.39, 0.29) is 0 Å². The van der Waals surface area contributed by atoms with Crippen LogP contribution in [0.3, 0.4) is 0 Å². The Labute approximate surface area is 123 Å². The number of nitrogens with two attached hydrogens (primary N) is 1. The number of aromatic nitrogens is 2. The fraction of sp³-hybridized carbons (Fsp3) is 0.286. The second-order valence-corrected chi connectivity index (χ2v) is 4.25. The number of hydrogen-bond acceptors (Lipinski definition) is 7. The van der Waals surface area contributed by atoms with Gasteiger partial charge in [-0.1, -0.05) is 0 Å². The van der Waals surface area contributed by atoms with Gasteiger partial charge in [0.05, 0.1) is 26.5 Å². The van der Waals surface area contributed by atoms with Crippen LogP contribution in [0.5, 0.6) is 11.5 Å². The van der Waals surface area contributed by atoms with Gasteiger partial charge in [-0.05, 0) is 12.1 Å². The SMILES string of the molecule is COCc1cc(NN)nc(-c2cc(OC)cc(OC)c2)n1. The number of rotatable bonds is 6. The van der Waals surface area contributed by atoms with Gasteiger partial charge in [-0.3, -0.25) is 0 Å². The Kier molecular flexibility index (Phi) is 4.91. The maximum absolute atomic E-state index is 5.44. The molecule has 21 heavy (non-hydrogen) atoms. The molecule has 0 aliphatic heterocycles. The summed E-state index contributed by atoms with van der Waals surface area (Å²) in [6, 6.07) is 7.17. The fourth-order valence-corrected chi connectivity index (χ4v) is 1.86. The number of anilines is 1. The van der Waals surface area contributed by atoms with Crippen LogP contribution in [0.15, 0.2) is 24.3 Å². The summed E-state index contributed by atoms with van der Waals surface area (Å²) in [5, 5.41) is 0. The van der Waals surface area contributed by atoms with Crippen LogP contribution in [0.4, 0.5) is 5.82 Å². The molecule has 0 atom stereocenters. The zero-order valence-corrected chi connectivity index (χ0v) is 12.2. The minimum Gasteiger partial charge on any atom is -0.497 e.